The molecule has 70 heavy (non-hydrogen) atoms. The molecular formula is C56H107NO12S. The molecule has 8 atom stereocenters. The van der Waals surface area contributed by atoms with Crippen LogP contribution in [0.4, 0.5) is 0 Å². The molecule has 0 spiro atoms. The Balaban J connectivity index is 2.45. The van der Waals surface area contributed by atoms with E-state index in [1.807, 2.05) is 0 Å². The zero-order valence-corrected chi connectivity index (χ0v) is 45.3. The molecule has 1 aliphatic rings. The Labute approximate surface area is 427 Å². The summed E-state index contributed by atoms with van der Waals surface area (Å²) < 4.78 is 47.7. The lowest BCUT2D eigenvalue weighted by atomic mass is 9.99. The van der Waals surface area contributed by atoms with Crippen molar-refractivity contribution in [2.45, 2.75) is 313 Å². The van der Waals surface area contributed by atoms with Gasteiger partial charge in [0.25, 0.3) is 0 Å². The first kappa shape index (κ1) is 66.6. The molecule has 7 N–H and O–H groups in total. The van der Waals surface area contributed by atoms with Crippen molar-refractivity contribution >= 4 is 16.3 Å². The maximum Gasteiger partial charge on any atom is 0.397 e. The summed E-state index contributed by atoms with van der Waals surface area (Å²) in [5.74, 6) is -0.706. The van der Waals surface area contributed by atoms with Crippen molar-refractivity contribution in [2.75, 3.05) is 13.2 Å². The number of aliphatic hydroxyl groups excluding tert-OH is 5. The van der Waals surface area contributed by atoms with Crippen LogP contribution in [0.25, 0.3) is 0 Å². The van der Waals surface area contributed by atoms with Crippen molar-refractivity contribution in [3.8, 4) is 0 Å². The summed E-state index contributed by atoms with van der Waals surface area (Å²) in [6, 6.07) is -1.13. The Kier molecular flexibility index (Phi) is 43.8. The summed E-state index contributed by atoms with van der Waals surface area (Å²) in [6.45, 7) is 3.25. The van der Waals surface area contributed by atoms with Crippen molar-refractivity contribution < 1.29 is 57.0 Å². The van der Waals surface area contributed by atoms with Gasteiger partial charge in [-0.25, -0.2) is 4.18 Å². The summed E-state index contributed by atoms with van der Waals surface area (Å²) in [4.78, 5) is 13.2. The first-order valence-corrected chi connectivity index (χ1v) is 30.2. The van der Waals surface area contributed by atoms with Gasteiger partial charge in [0.15, 0.2) is 6.29 Å². The third-order valence-electron chi connectivity index (χ3n) is 13.8. The highest BCUT2D eigenvalue weighted by atomic mass is 32.3. The molecule has 0 aromatic heterocycles. The Bertz CT molecular complexity index is 1350. The number of nitrogens with one attached hydrogen (secondary N) is 1. The number of amides is 1. The number of hydrogen-bond donors (Lipinski definition) is 7. The molecule has 414 valence electrons. The molecule has 1 saturated heterocycles. The second-order valence-corrected chi connectivity index (χ2v) is 21.4. The van der Waals surface area contributed by atoms with Crippen LogP contribution in [0.3, 0.4) is 0 Å². The van der Waals surface area contributed by atoms with Crippen LogP contribution >= 0.6 is 0 Å². The largest absolute Gasteiger partial charge is 0.397 e. The van der Waals surface area contributed by atoms with E-state index in [-0.39, 0.29) is 6.42 Å². The van der Waals surface area contributed by atoms with Crippen LogP contribution in [0.5, 0.6) is 0 Å². The normalized spacial score (nSPS) is 20.1. The van der Waals surface area contributed by atoms with Crippen LogP contribution in [0.15, 0.2) is 24.3 Å². The first-order valence-electron chi connectivity index (χ1n) is 28.8. The summed E-state index contributed by atoms with van der Waals surface area (Å²) in [5.41, 5.74) is 0. The average molecular weight is 1020 g/mol. The maximum atomic E-state index is 13.2. The van der Waals surface area contributed by atoms with E-state index in [1.54, 1.807) is 6.08 Å². The molecular weight excluding hydrogens is 911 g/mol. The molecule has 0 aromatic carbocycles. The Hall–Kier alpha value is -1.46. The highest BCUT2D eigenvalue weighted by Crippen LogP contribution is 2.26. The molecule has 0 saturated carbocycles. The number of unbranched alkanes of at least 4 members (excludes halogenated alkanes) is 35. The van der Waals surface area contributed by atoms with Gasteiger partial charge in [0.2, 0.25) is 5.91 Å². The van der Waals surface area contributed by atoms with E-state index < -0.39 is 78.5 Å². The predicted octanol–water partition coefficient (Wildman–Crippen LogP) is 12.2. The number of carbonyl (C=O) groups excluding carboxylic acids is 1. The van der Waals surface area contributed by atoms with E-state index >= 15 is 0 Å². The van der Waals surface area contributed by atoms with Gasteiger partial charge in [-0.05, 0) is 32.1 Å². The van der Waals surface area contributed by atoms with Crippen molar-refractivity contribution in [1.29, 1.82) is 0 Å². The average Bonchev–Trinajstić information content (AvgIpc) is 3.33. The topological polar surface area (TPSA) is 212 Å². The second-order valence-electron chi connectivity index (χ2n) is 20.4. The number of ether oxygens (including phenoxy) is 2. The SMILES string of the molecule is CCCCCCCCCCCCCCCC/C=C/CC/C=C/C(O)C(COC1OC(CO)C(O)C(OS(=O)(=O)O)C1O)NC(=O)C(O)CCCCCCCCCCCCCCCCCCCCCCC. The zero-order valence-electron chi connectivity index (χ0n) is 44.5. The van der Waals surface area contributed by atoms with E-state index in [4.69, 9.17) is 9.47 Å². The lowest BCUT2D eigenvalue weighted by Gasteiger charge is -2.41. The monoisotopic (exact) mass is 1020 g/mol. The van der Waals surface area contributed by atoms with Crippen LogP contribution in [0.2, 0.25) is 0 Å². The molecule has 1 aliphatic heterocycles. The van der Waals surface area contributed by atoms with E-state index in [0.29, 0.717) is 12.8 Å². The first-order chi connectivity index (χ1) is 33.9. The number of carbonyl (C=O) groups is 1. The third kappa shape index (κ3) is 37.3. The summed E-state index contributed by atoms with van der Waals surface area (Å²) in [6.07, 6.45) is 44.0. The van der Waals surface area contributed by atoms with Crippen LogP contribution in [-0.4, -0.2) is 107 Å². The van der Waals surface area contributed by atoms with Crippen molar-refractivity contribution in [3.63, 3.8) is 0 Å². The van der Waals surface area contributed by atoms with E-state index in [2.05, 4.69) is 35.5 Å². The molecule has 1 heterocycles. The molecule has 1 fully saturated rings. The van der Waals surface area contributed by atoms with Crippen molar-refractivity contribution in [1.82, 2.24) is 5.32 Å². The smallest absolute Gasteiger partial charge is 0.394 e. The molecule has 1 rings (SSSR count). The molecule has 13 nitrogen and oxygen atoms in total. The maximum absolute atomic E-state index is 13.2. The lowest BCUT2D eigenvalue weighted by Crippen LogP contribution is -2.61. The van der Waals surface area contributed by atoms with Crippen LogP contribution < -0.4 is 5.32 Å². The van der Waals surface area contributed by atoms with Gasteiger partial charge in [-0.15, -0.1) is 0 Å². The van der Waals surface area contributed by atoms with Gasteiger partial charge in [0.1, 0.15) is 30.5 Å². The van der Waals surface area contributed by atoms with Crippen LogP contribution in [0, 0.1) is 0 Å². The Morgan fingerprint density at radius 2 is 0.957 bits per heavy atom. The van der Waals surface area contributed by atoms with Gasteiger partial charge in [0, 0.05) is 0 Å². The Morgan fingerprint density at radius 3 is 1.37 bits per heavy atom. The molecule has 0 radical (unpaired) electrons. The minimum atomic E-state index is -5.13. The molecule has 8 unspecified atom stereocenters. The fraction of sp³-hybridized carbons (Fsp3) is 0.911. The van der Waals surface area contributed by atoms with Gasteiger partial charge in [0.05, 0.1) is 25.4 Å². The second kappa shape index (κ2) is 46.1. The highest BCUT2D eigenvalue weighted by molar-refractivity contribution is 7.80. The number of hydrogen-bond acceptors (Lipinski definition) is 11. The minimum Gasteiger partial charge on any atom is -0.394 e. The highest BCUT2D eigenvalue weighted by Gasteiger charge is 2.48. The fourth-order valence-corrected chi connectivity index (χ4v) is 9.81. The van der Waals surface area contributed by atoms with Gasteiger partial charge in [-0.3, -0.25) is 9.35 Å². The third-order valence-corrected chi connectivity index (χ3v) is 14.3. The summed E-state index contributed by atoms with van der Waals surface area (Å²) in [7, 11) is -5.13. The molecule has 0 aliphatic carbocycles. The molecule has 0 bridgehead atoms. The van der Waals surface area contributed by atoms with Crippen LogP contribution in [0.1, 0.15) is 264 Å². The van der Waals surface area contributed by atoms with Crippen LogP contribution in [-0.2, 0) is 28.9 Å². The fourth-order valence-electron chi connectivity index (χ4n) is 9.30. The van der Waals surface area contributed by atoms with Gasteiger partial charge < -0.3 is 40.3 Å². The standard InChI is InChI=1S/C56H107NO12S/c1-3-5-7-9-11-13-15-17-19-21-23-25-27-29-31-33-35-37-39-41-43-45-50(60)55(63)57-48(47-67-56-53(62)54(69-70(64,65)66)52(61)51(46-58)68-56)49(59)44-42-40-38-36-34-32-30-28-26-24-22-20-18-16-14-12-10-8-6-4-2/h34,36,42,44,48-54,56,58-62H,3-33,35,37-41,43,45-47H2,1-2H3,(H,57,63)(H,64,65,66)/b36-34+,44-42+. The van der Waals surface area contributed by atoms with Gasteiger partial charge >= 0.3 is 10.4 Å². The van der Waals surface area contributed by atoms with Crippen molar-refractivity contribution in [3.05, 3.63) is 24.3 Å². The van der Waals surface area contributed by atoms with Gasteiger partial charge in [-0.1, -0.05) is 256 Å². The predicted molar refractivity (Wildman–Crippen MR) is 284 cm³/mol. The Morgan fingerprint density at radius 1 is 0.571 bits per heavy atom. The zero-order chi connectivity index (χ0) is 51.3. The molecule has 1 amide bonds. The van der Waals surface area contributed by atoms with E-state index in [0.717, 1.165) is 38.5 Å². The molecule has 14 heteroatoms. The number of aliphatic hydroxyl groups is 5. The van der Waals surface area contributed by atoms with Crippen molar-refractivity contribution in [2.24, 2.45) is 0 Å². The van der Waals surface area contributed by atoms with Gasteiger partial charge in [-0.2, -0.15) is 8.42 Å². The number of rotatable bonds is 50. The van der Waals surface area contributed by atoms with E-state index in [1.165, 1.54) is 199 Å². The lowest BCUT2D eigenvalue weighted by molar-refractivity contribution is -0.298. The number of allylic oxidation sites excluding steroid dienone is 3. The summed E-state index contributed by atoms with van der Waals surface area (Å²) >= 11 is 0. The van der Waals surface area contributed by atoms with E-state index in [9.17, 15) is 43.3 Å². The summed E-state index contributed by atoms with van der Waals surface area (Å²) in [5, 5.41) is 55.5. The molecule has 0 aromatic rings. The quantitative estimate of drug-likeness (QED) is 0.0172. The minimum absolute atomic E-state index is 0.241.